The van der Waals surface area contributed by atoms with Gasteiger partial charge in [-0.25, -0.2) is 0 Å². The zero-order valence-corrected chi connectivity index (χ0v) is 15.8. The second-order valence-corrected chi connectivity index (χ2v) is 7.35. The maximum Gasteiger partial charge on any atom is 0.252 e. The Labute approximate surface area is 163 Å². The summed E-state index contributed by atoms with van der Waals surface area (Å²) in [6.45, 7) is 5.32. The SMILES string of the molecule is O=C(NC1CC(=O)N(CCN2CCOCC2)C1)c1ccc(O)c2ccccc12. The molecule has 1 unspecified atom stereocenters. The number of nitrogens with zero attached hydrogens (tertiary/aromatic N) is 2. The Morgan fingerprint density at radius 1 is 1.11 bits per heavy atom. The van der Waals surface area contributed by atoms with Gasteiger partial charge in [0.05, 0.1) is 19.3 Å². The number of benzene rings is 2. The molecule has 148 valence electrons. The number of hydrogen-bond acceptors (Lipinski definition) is 5. The third-order valence-corrected chi connectivity index (χ3v) is 5.49. The first-order chi connectivity index (χ1) is 13.6. The van der Waals surface area contributed by atoms with Crippen LogP contribution >= 0.6 is 0 Å². The molecule has 2 amide bonds. The largest absolute Gasteiger partial charge is 0.507 e. The highest BCUT2D eigenvalue weighted by molar-refractivity contribution is 6.08. The first-order valence-electron chi connectivity index (χ1n) is 9.71. The van der Waals surface area contributed by atoms with E-state index in [1.54, 1.807) is 12.1 Å². The Kier molecular flexibility index (Phi) is 5.45. The van der Waals surface area contributed by atoms with Crippen molar-refractivity contribution in [1.29, 1.82) is 0 Å². The van der Waals surface area contributed by atoms with Crippen LogP contribution in [0.25, 0.3) is 10.8 Å². The van der Waals surface area contributed by atoms with E-state index in [9.17, 15) is 14.7 Å². The molecule has 2 aromatic rings. The summed E-state index contributed by atoms with van der Waals surface area (Å²) in [5.41, 5.74) is 0.507. The fourth-order valence-electron chi connectivity index (χ4n) is 3.92. The molecule has 0 bridgehead atoms. The monoisotopic (exact) mass is 383 g/mol. The molecule has 4 rings (SSSR count). The molecule has 2 N–H and O–H groups in total. The molecule has 2 saturated heterocycles. The first kappa shape index (κ1) is 18.7. The lowest BCUT2D eigenvalue weighted by Gasteiger charge is -2.28. The average Bonchev–Trinajstić information content (AvgIpc) is 3.06. The molecular formula is C21H25N3O4. The van der Waals surface area contributed by atoms with E-state index in [4.69, 9.17) is 4.74 Å². The van der Waals surface area contributed by atoms with Crippen LogP contribution in [0.3, 0.4) is 0 Å². The molecule has 0 aliphatic carbocycles. The van der Waals surface area contributed by atoms with Gasteiger partial charge in [-0.1, -0.05) is 24.3 Å². The number of likely N-dealkylation sites (tertiary alicyclic amines) is 1. The van der Waals surface area contributed by atoms with Crippen LogP contribution in [0, 0.1) is 0 Å². The summed E-state index contributed by atoms with van der Waals surface area (Å²) in [6.07, 6.45) is 0.324. The Morgan fingerprint density at radius 2 is 1.86 bits per heavy atom. The van der Waals surface area contributed by atoms with Crippen molar-refractivity contribution in [3.8, 4) is 5.75 Å². The van der Waals surface area contributed by atoms with Gasteiger partial charge in [0, 0.05) is 50.1 Å². The lowest BCUT2D eigenvalue weighted by molar-refractivity contribution is -0.128. The Morgan fingerprint density at radius 3 is 2.64 bits per heavy atom. The lowest BCUT2D eigenvalue weighted by atomic mass is 10.0. The molecule has 7 nitrogen and oxygen atoms in total. The topological polar surface area (TPSA) is 82.1 Å². The molecule has 2 fully saturated rings. The summed E-state index contributed by atoms with van der Waals surface area (Å²) < 4.78 is 5.35. The van der Waals surface area contributed by atoms with Gasteiger partial charge in [0.25, 0.3) is 5.91 Å². The van der Waals surface area contributed by atoms with Crippen molar-refractivity contribution in [1.82, 2.24) is 15.1 Å². The number of fused-ring (bicyclic) bond motifs is 1. The number of nitrogens with one attached hydrogen (secondary N) is 1. The minimum atomic E-state index is -0.218. The highest BCUT2D eigenvalue weighted by Gasteiger charge is 2.31. The molecular weight excluding hydrogens is 358 g/mol. The molecule has 2 heterocycles. The molecule has 0 spiro atoms. The molecule has 7 heteroatoms. The smallest absolute Gasteiger partial charge is 0.252 e. The third kappa shape index (κ3) is 3.95. The van der Waals surface area contributed by atoms with Gasteiger partial charge >= 0.3 is 0 Å². The summed E-state index contributed by atoms with van der Waals surface area (Å²) in [5, 5.41) is 14.3. The van der Waals surface area contributed by atoms with Gasteiger partial charge in [0.15, 0.2) is 0 Å². The molecule has 2 aliphatic rings. The summed E-state index contributed by atoms with van der Waals surface area (Å²) in [6, 6.07) is 10.2. The van der Waals surface area contributed by atoms with Gasteiger partial charge in [-0.2, -0.15) is 0 Å². The van der Waals surface area contributed by atoms with Gasteiger partial charge in [-0.05, 0) is 17.5 Å². The second kappa shape index (κ2) is 8.16. The van der Waals surface area contributed by atoms with Crippen LogP contribution < -0.4 is 5.32 Å². The summed E-state index contributed by atoms with van der Waals surface area (Å²) in [4.78, 5) is 29.3. The first-order valence-corrected chi connectivity index (χ1v) is 9.71. The predicted molar refractivity (Wildman–Crippen MR) is 105 cm³/mol. The average molecular weight is 383 g/mol. The number of amides is 2. The van der Waals surface area contributed by atoms with E-state index in [1.807, 2.05) is 23.1 Å². The number of aromatic hydroxyl groups is 1. The van der Waals surface area contributed by atoms with Crippen molar-refractivity contribution in [2.45, 2.75) is 12.5 Å². The zero-order valence-electron chi connectivity index (χ0n) is 15.8. The molecule has 28 heavy (non-hydrogen) atoms. The van der Waals surface area contributed by atoms with Crippen molar-refractivity contribution in [2.24, 2.45) is 0 Å². The number of rotatable bonds is 5. The third-order valence-electron chi connectivity index (χ3n) is 5.49. The van der Waals surface area contributed by atoms with E-state index >= 15 is 0 Å². The number of hydrogen-bond donors (Lipinski definition) is 2. The van der Waals surface area contributed by atoms with Crippen molar-refractivity contribution in [3.05, 3.63) is 42.0 Å². The van der Waals surface area contributed by atoms with Crippen LogP contribution in [0.15, 0.2) is 36.4 Å². The van der Waals surface area contributed by atoms with Crippen LogP contribution in [0.4, 0.5) is 0 Å². The van der Waals surface area contributed by atoms with E-state index in [0.717, 1.165) is 32.8 Å². The van der Waals surface area contributed by atoms with Gasteiger partial charge in [0.2, 0.25) is 5.91 Å². The lowest BCUT2D eigenvalue weighted by Crippen LogP contribution is -2.42. The van der Waals surface area contributed by atoms with Crippen LogP contribution in [-0.4, -0.2) is 78.7 Å². The second-order valence-electron chi connectivity index (χ2n) is 7.35. The molecule has 2 aliphatic heterocycles. The van der Waals surface area contributed by atoms with Crippen LogP contribution in [0.1, 0.15) is 16.8 Å². The van der Waals surface area contributed by atoms with E-state index in [1.165, 1.54) is 6.07 Å². The number of carbonyl (C=O) groups is 2. The van der Waals surface area contributed by atoms with E-state index < -0.39 is 0 Å². The number of carbonyl (C=O) groups excluding carboxylic acids is 2. The summed E-state index contributed by atoms with van der Waals surface area (Å²) in [7, 11) is 0. The highest BCUT2D eigenvalue weighted by Crippen LogP contribution is 2.27. The van der Waals surface area contributed by atoms with Gasteiger partial charge in [-0.3, -0.25) is 14.5 Å². The Balaban J connectivity index is 1.38. The maximum absolute atomic E-state index is 12.8. The molecule has 0 saturated carbocycles. The fraction of sp³-hybridized carbons (Fsp3) is 0.429. The van der Waals surface area contributed by atoms with Crippen LogP contribution in [0.2, 0.25) is 0 Å². The molecule has 0 aromatic heterocycles. The van der Waals surface area contributed by atoms with Crippen LogP contribution in [0.5, 0.6) is 5.75 Å². The number of ether oxygens (including phenoxy) is 1. The van der Waals surface area contributed by atoms with Crippen molar-refractivity contribution in [3.63, 3.8) is 0 Å². The minimum absolute atomic E-state index is 0.0779. The number of phenols is 1. The maximum atomic E-state index is 12.8. The van der Waals surface area contributed by atoms with Gasteiger partial charge in [-0.15, -0.1) is 0 Å². The minimum Gasteiger partial charge on any atom is -0.507 e. The summed E-state index contributed by atoms with van der Waals surface area (Å²) >= 11 is 0. The zero-order chi connectivity index (χ0) is 19.5. The number of morpholine rings is 1. The standard InChI is InChI=1S/C21H25N3O4/c25-19-6-5-18(16-3-1-2-4-17(16)19)21(27)22-15-13-20(26)24(14-15)8-7-23-9-11-28-12-10-23/h1-6,15,25H,7-14H2,(H,22,27). The van der Waals surface area contributed by atoms with Gasteiger partial charge in [0.1, 0.15) is 5.75 Å². The van der Waals surface area contributed by atoms with E-state index in [-0.39, 0.29) is 23.6 Å². The normalized spacial score (nSPS) is 20.6. The van der Waals surface area contributed by atoms with E-state index in [0.29, 0.717) is 35.8 Å². The van der Waals surface area contributed by atoms with Crippen LogP contribution in [-0.2, 0) is 9.53 Å². The Bertz CT molecular complexity index is 879. The van der Waals surface area contributed by atoms with Crippen molar-refractivity contribution in [2.75, 3.05) is 45.9 Å². The fourth-order valence-corrected chi connectivity index (χ4v) is 3.92. The predicted octanol–water partition coefficient (Wildman–Crippen LogP) is 1.21. The Hall–Kier alpha value is -2.64. The van der Waals surface area contributed by atoms with Crippen molar-refractivity contribution >= 4 is 22.6 Å². The highest BCUT2D eigenvalue weighted by atomic mass is 16.5. The quantitative estimate of drug-likeness (QED) is 0.811. The molecule has 1 atom stereocenters. The molecule has 2 aromatic carbocycles. The molecule has 0 radical (unpaired) electrons. The van der Waals surface area contributed by atoms with Crippen molar-refractivity contribution < 1.29 is 19.4 Å². The number of phenolic OH excluding ortho intramolecular Hbond substituents is 1. The summed E-state index contributed by atoms with van der Waals surface area (Å²) in [5.74, 6) is 0.00985. The van der Waals surface area contributed by atoms with Gasteiger partial charge < -0.3 is 20.1 Å². The van der Waals surface area contributed by atoms with E-state index in [2.05, 4.69) is 10.2 Å².